The molecule has 0 saturated heterocycles. The van der Waals surface area contributed by atoms with E-state index in [-0.39, 0.29) is 23.1 Å². The molecule has 14 heteroatoms. The number of benzene rings is 1. The van der Waals surface area contributed by atoms with E-state index in [1.54, 1.807) is 19.3 Å². The van der Waals surface area contributed by atoms with E-state index < -0.39 is 29.2 Å². The van der Waals surface area contributed by atoms with Gasteiger partial charge in [0.05, 0.1) is 22.8 Å². The third kappa shape index (κ3) is 4.94. The molecule has 0 unspecified atom stereocenters. The fraction of sp³-hybridized carbons (Fsp3) is 0.174. The molecule has 2 aromatic heterocycles. The van der Waals surface area contributed by atoms with Crippen molar-refractivity contribution in [2.24, 2.45) is 4.99 Å². The van der Waals surface area contributed by atoms with Gasteiger partial charge in [0.15, 0.2) is 0 Å². The van der Waals surface area contributed by atoms with Gasteiger partial charge in [0, 0.05) is 42.7 Å². The number of hydrogen-bond acceptors (Lipinski definition) is 7. The number of fused-ring (bicyclic) bond motifs is 3. The lowest BCUT2D eigenvalue weighted by Gasteiger charge is -2.28. The lowest BCUT2D eigenvalue weighted by molar-refractivity contribution is -0.137. The monoisotopic (exact) mass is 553 g/mol. The molecule has 0 aliphatic carbocycles. The number of aromatic nitrogens is 3. The Morgan fingerprint density at radius 3 is 2.70 bits per heavy atom. The zero-order valence-corrected chi connectivity index (χ0v) is 20.5. The second-order valence-corrected chi connectivity index (χ2v) is 8.24. The molecule has 8 nitrogen and oxygen atoms in total. The van der Waals surface area contributed by atoms with Gasteiger partial charge in [0.1, 0.15) is 23.2 Å². The fourth-order valence-corrected chi connectivity index (χ4v) is 4.14. The molecule has 0 atom stereocenters. The first-order valence-electron chi connectivity index (χ1n) is 10.6. The minimum absolute atomic E-state index is 0. The number of hydrogen-bond donors (Lipinski definition) is 2. The molecular formula is C23H17Cl2F4N7O. The third-order valence-electron chi connectivity index (χ3n) is 5.57. The van der Waals surface area contributed by atoms with Gasteiger partial charge >= 0.3 is 6.18 Å². The average Bonchev–Trinajstić information content (AvgIpc) is 3.35. The van der Waals surface area contributed by atoms with Crippen LogP contribution in [0.15, 0.2) is 41.7 Å². The first-order valence-corrected chi connectivity index (χ1v) is 11.0. The molecule has 0 fully saturated rings. The maximum absolute atomic E-state index is 14.7. The molecule has 192 valence electrons. The van der Waals surface area contributed by atoms with Crippen LogP contribution in [-0.4, -0.2) is 46.8 Å². The Bertz CT molecular complexity index is 1460. The highest BCUT2D eigenvalue weighted by atomic mass is 35.5. The van der Waals surface area contributed by atoms with E-state index in [1.807, 2.05) is 4.90 Å². The SMILES string of the molecule is CNc1ncc2c(n1)N1CCN=C1C(c1cc(NC(=O)c3cc(C(F)(F)F)ccn3)c(F)cc1Cl)=C2.Cl. The summed E-state index contributed by atoms with van der Waals surface area (Å²) in [6.45, 7) is 1.05. The molecule has 2 aliphatic rings. The quantitative estimate of drug-likeness (QED) is 0.433. The number of anilines is 3. The van der Waals surface area contributed by atoms with Crippen molar-refractivity contribution in [3.05, 3.63) is 69.9 Å². The van der Waals surface area contributed by atoms with Crippen LogP contribution in [0.5, 0.6) is 0 Å². The van der Waals surface area contributed by atoms with Gasteiger partial charge in [0.2, 0.25) is 5.95 Å². The summed E-state index contributed by atoms with van der Waals surface area (Å²) in [7, 11) is 1.70. The lowest BCUT2D eigenvalue weighted by atomic mass is 9.98. The van der Waals surface area contributed by atoms with E-state index in [4.69, 9.17) is 11.6 Å². The number of nitrogens with zero attached hydrogens (tertiary/aromatic N) is 5. The van der Waals surface area contributed by atoms with Crippen molar-refractivity contribution in [1.82, 2.24) is 15.0 Å². The topological polar surface area (TPSA) is 95.4 Å². The summed E-state index contributed by atoms with van der Waals surface area (Å²) in [6.07, 6.45) is -0.413. The van der Waals surface area contributed by atoms with Gasteiger partial charge in [-0.3, -0.25) is 14.8 Å². The summed E-state index contributed by atoms with van der Waals surface area (Å²) in [5, 5.41) is 5.23. The van der Waals surface area contributed by atoms with Gasteiger partial charge in [0.25, 0.3) is 5.91 Å². The molecule has 2 aliphatic heterocycles. The van der Waals surface area contributed by atoms with E-state index in [2.05, 4.69) is 30.6 Å². The Balaban J connectivity index is 0.00000320. The first-order chi connectivity index (χ1) is 17.2. The van der Waals surface area contributed by atoms with Crippen LogP contribution in [0.1, 0.15) is 27.2 Å². The molecule has 1 aromatic carbocycles. The van der Waals surface area contributed by atoms with Gasteiger partial charge in [-0.2, -0.15) is 18.2 Å². The number of pyridine rings is 1. The summed E-state index contributed by atoms with van der Waals surface area (Å²) in [5.41, 5.74) is -0.247. The van der Waals surface area contributed by atoms with Crippen molar-refractivity contribution in [2.75, 3.05) is 35.7 Å². The van der Waals surface area contributed by atoms with E-state index in [9.17, 15) is 22.4 Å². The number of rotatable bonds is 4. The third-order valence-corrected chi connectivity index (χ3v) is 5.88. The van der Waals surface area contributed by atoms with Crippen molar-refractivity contribution in [1.29, 1.82) is 0 Å². The van der Waals surface area contributed by atoms with Gasteiger partial charge in [-0.05, 0) is 30.3 Å². The van der Waals surface area contributed by atoms with Crippen LogP contribution < -0.4 is 15.5 Å². The highest BCUT2D eigenvalue weighted by molar-refractivity contribution is 6.40. The smallest absolute Gasteiger partial charge is 0.357 e. The van der Waals surface area contributed by atoms with E-state index in [0.29, 0.717) is 53.5 Å². The molecule has 5 rings (SSSR count). The van der Waals surface area contributed by atoms with E-state index >= 15 is 0 Å². The number of amides is 1. The average molecular weight is 554 g/mol. The molecule has 2 N–H and O–H groups in total. The molecule has 0 bridgehead atoms. The van der Waals surface area contributed by atoms with Crippen molar-refractivity contribution >= 4 is 64.9 Å². The number of alkyl halides is 3. The van der Waals surface area contributed by atoms with Crippen LogP contribution in [-0.2, 0) is 6.18 Å². The van der Waals surface area contributed by atoms with Gasteiger partial charge < -0.3 is 15.5 Å². The Labute approximate surface area is 218 Å². The Morgan fingerprint density at radius 2 is 1.97 bits per heavy atom. The minimum atomic E-state index is -4.66. The largest absolute Gasteiger partial charge is 0.416 e. The molecule has 4 heterocycles. The zero-order chi connectivity index (χ0) is 25.6. The van der Waals surface area contributed by atoms with Crippen LogP contribution >= 0.6 is 24.0 Å². The summed E-state index contributed by atoms with van der Waals surface area (Å²) >= 11 is 6.38. The first kappa shape index (κ1) is 26.3. The molecule has 0 spiro atoms. The van der Waals surface area contributed by atoms with Crippen molar-refractivity contribution in [3.63, 3.8) is 0 Å². The molecule has 37 heavy (non-hydrogen) atoms. The highest BCUT2D eigenvalue weighted by Crippen LogP contribution is 2.39. The second-order valence-electron chi connectivity index (χ2n) is 7.83. The zero-order valence-electron chi connectivity index (χ0n) is 18.9. The Kier molecular flexibility index (Phi) is 7.07. The van der Waals surface area contributed by atoms with Crippen LogP contribution in [0.2, 0.25) is 5.02 Å². The van der Waals surface area contributed by atoms with Gasteiger partial charge in [-0.15, -0.1) is 12.4 Å². The molecule has 0 radical (unpaired) electrons. The molecule has 0 saturated carbocycles. The summed E-state index contributed by atoms with van der Waals surface area (Å²) < 4.78 is 53.8. The van der Waals surface area contributed by atoms with E-state index in [1.165, 1.54) is 6.07 Å². The number of carbonyl (C=O) groups is 1. The molecule has 1 amide bonds. The second kappa shape index (κ2) is 9.94. The van der Waals surface area contributed by atoms with Crippen LogP contribution in [0.3, 0.4) is 0 Å². The maximum Gasteiger partial charge on any atom is 0.416 e. The highest BCUT2D eigenvalue weighted by Gasteiger charge is 2.33. The number of nitrogens with one attached hydrogen (secondary N) is 2. The van der Waals surface area contributed by atoms with E-state index in [0.717, 1.165) is 18.3 Å². The van der Waals surface area contributed by atoms with Crippen LogP contribution in [0.25, 0.3) is 11.6 Å². The maximum atomic E-state index is 14.7. The van der Waals surface area contributed by atoms with Crippen LogP contribution in [0, 0.1) is 5.82 Å². The Hall–Kier alpha value is -3.77. The normalized spacial score (nSPS) is 14.2. The number of amidine groups is 1. The number of aliphatic imine (C=N–C) groups is 1. The molecule has 3 aromatic rings. The standard InChI is InChI=1S/C23H16ClF4N7O.ClH/c1-29-22-32-10-11-6-14(20-31-4-5-35(20)19(11)34-22)13-8-17(16(25)9-15(13)24)33-21(36)18-7-12(2-3-30-18)23(26,27)28;/h2-3,6-10H,4-5H2,1H3,(H,33,36)(H,29,32,34);1H. The summed E-state index contributed by atoms with van der Waals surface area (Å²) in [5.74, 6) is -0.229. The van der Waals surface area contributed by atoms with Crippen molar-refractivity contribution in [3.8, 4) is 0 Å². The van der Waals surface area contributed by atoms with Crippen LogP contribution in [0.4, 0.5) is 35.0 Å². The minimum Gasteiger partial charge on any atom is -0.357 e. The Morgan fingerprint density at radius 1 is 1.19 bits per heavy atom. The lowest BCUT2D eigenvalue weighted by Crippen LogP contribution is -2.32. The predicted octanol–water partition coefficient (Wildman–Crippen LogP) is 5.17. The van der Waals surface area contributed by atoms with Crippen molar-refractivity contribution in [2.45, 2.75) is 6.18 Å². The predicted molar refractivity (Wildman–Crippen MR) is 135 cm³/mol. The number of halogens is 6. The molecular weight excluding hydrogens is 537 g/mol. The number of carbonyl (C=O) groups excluding carboxylic acids is 1. The summed E-state index contributed by atoms with van der Waals surface area (Å²) in [4.78, 5) is 31.4. The summed E-state index contributed by atoms with van der Waals surface area (Å²) in [6, 6.07) is 3.66. The fourth-order valence-electron chi connectivity index (χ4n) is 3.89. The van der Waals surface area contributed by atoms with Gasteiger partial charge in [-0.25, -0.2) is 9.37 Å². The van der Waals surface area contributed by atoms with Crippen molar-refractivity contribution < 1.29 is 22.4 Å². The van der Waals surface area contributed by atoms with Gasteiger partial charge in [-0.1, -0.05) is 11.6 Å².